The van der Waals surface area contributed by atoms with Crippen LogP contribution in [-0.2, 0) is 12.0 Å². The van der Waals surface area contributed by atoms with Crippen molar-refractivity contribution in [3.8, 4) is 11.5 Å². The number of nitrogens with zero attached hydrogens (tertiary/aromatic N) is 5. The van der Waals surface area contributed by atoms with Gasteiger partial charge in [0.2, 0.25) is 5.82 Å². The molecule has 1 N–H and O–H groups in total. The molecular formula is C30H26F2N6O. The number of hydrogen-bond donors (Lipinski definition) is 1. The first-order chi connectivity index (χ1) is 18.6. The molecule has 0 saturated carbocycles. The van der Waals surface area contributed by atoms with Crippen molar-refractivity contribution in [1.82, 2.24) is 30.5 Å². The first-order valence-corrected chi connectivity index (χ1v) is 12.7. The number of pyridine rings is 1. The van der Waals surface area contributed by atoms with Gasteiger partial charge in [-0.15, -0.1) is 15.0 Å². The van der Waals surface area contributed by atoms with Crippen LogP contribution in [-0.4, -0.2) is 31.0 Å². The third-order valence-electron chi connectivity index (χ3n) is 7.38. The highest BCUT2D eigenvalue weighted by molar-refractivity contribution is 6.02. The second-order valence-electron chi connectivity index (χ2n) is 10.8. The van der Waals surface area contributed by atoms with Crippen molar-refractivity contribution >= 4 is 17.2 Å². The van der Waals surface area contributed by atoms with Crippen LogP contribution in [0.5, 0.6) is 0 Å². The molecule has 9 heteroatoms. The lowest BCUT2D eigenvalue weighted by Gasteiger charge is -2.34. The molecule has 0 bridgehead atoms. The number of Topliss-reactive ketones (excluding diaryl/α,β-unsaturated/α-hetero) is 1. The molecule has 2 aliphatic rings. The number of dihydropyridines is 1. The number of allylic oxidation sites excluding steroid dienone is 2. The van der Waals surface area contributed by atoms with Crippen molar-refractivity contribution in [2.75, 3.05) is 0 Å². The van der Waals surface area contributed by atoms with Gasteiger partial charge in [0.05, 0.1) is 16.9 Å². The maximum Gasteiger partial charge on any atom is 0.223 e. The van der Waals surface area contributed by atoms with Gasteiger partial charge in [0.1, 0.15) is 17.3 Å². The smallest absolute Gasteiger partial charge is 0.223 e. The molecule has 0 saturated heterocycles. The first kappa shape index (κ1) is 24.8. The number of ketones is 1. The summed E-state index contributed by atoms with van der Waals surface area (Å²) in [5.41, 5.74) is 3.10. The molecule has 6 rings (SSSR count). The second kappa shape index (κ2) is 9.04. The largest absolute Gasteiger partial charge is 0.372 e. The van der Waals surface area contributed by atoms with Gasteiger partial charge >= 0.3 is 0 Å². The van der Waals surface area contributed by atoms with E-state index in [1.165, 1.54) is 29.1 Å². The molecule has 4 aromatic rings. The number of hydrogen-bond acceptors (Lipinski definition) is 6. The first-order valence-electron chi connectivity index (χ1n) is 12.7. The Labute approximate surface area is 224 Å². The zero-order valence-corrected chi connectivity index (χ0v) is 21.7. The molecule has 2 aromatic carbocycles. The number of rotatable bonds is 4. The fourth-order valence-corrected chi connectivity index (χ4v) is 5.09. The van der Waals surface area contributed by atoms with E-state index < -0.39 is 11.0 Å². The van der Waals surface area contributed by atoms with Crippen LogP contribution in [0, 0.1) is 17.0 Å². The summed E-state index contributed by atoms with van der Waals surface area (Å²) < 4.78 is 28.3. The van der Waals surface area contributed by atoms with Crippen LogP contribution in [0.15, 0.2) is 72.8 Å². The lowest BCUT2D eigenvalue weighted by molar-refractivity contribution is 0.0809. The van der Waals surface area contributed by atoms with Crippen molar-refractivity contribution in [1.29, 1.82) is 0 Å². The fourth-order valence-electron chi connectivity index (χ4n) is 5.09. The standard InChI is InChI=1S/C30H26F2N6O/c1-29(2)13-12-24-23(27(29)39)10-11-25(33-24)28-35-37-38(36-28)22-16-26(18-6-4-8-20(31)14-18)34-30(3,17-22)19-7-5-9-21(32)15-19/h4-11,14-17,34H,12-13H2,1-3H3. The molecule has 0 spiro atoms. The van der Waals surface area contributed by atoms with E-state index in [2.05, 4.69) is 25.7 Å². The van der Waals surface area contributed by atoms with Gasteiger partial charge in [0.25, 0.3) is 0 Å². The van der Waals surface area contributed by atoms with E-state index in [0.29, 0.717) is 46.0 Å². The minimum Gasteiger partial charge on any atom is -0.372 e. The number of carbonyl (C=O) groups is 1. The van der Waals surface area contributed by atoms with E-state index in [0.717, 1.165) is 12.1 Å². The number of tetrazole rings is 1. The Bertz CT molecular complexity index is 1690. The summed E-state index contributed by atoms with van der Waals surface area (Å²) in [5, 5.41) is 16.5. The summed E-state index contributed by atoms with van der Waals surface area (Å²) in [6, 6.07) is 16.0. The van der Waals surface area contributed by atoms with Crippen LogP contribution in [0.2, 0.25) is 0 Å². The third kappa shape index (κ3) is 4.54. The summed E-state index contributed by atoms with van der Waals surface area (Å²) in [5.74, 6) is -0.345. The number of benzene rings is 2. The molecule has 3 heterocycles. The average molecular weight is 525 g/mol. The normalized spacial score (nSPS) is 20.1. The van der Waals surface area contributed by atoms with Crippen LogP contribution in [0.3, 0.4) is 0 Å². The van der Waals surface area contributed by atoms with Gasteiger partial charge in [0, 0.05) is 22.2 Å². The van der Waals surface area contributed by atoms with Crippen molar-refractivity contribution < 1.29 is 13.6 Å². The molecule has 39 heavy (non-hydrogen) atoms. The molecule has 1 unspecified atom stereocenters. The SMILES string of the molecule is CC1(C)CCc2nc(-c3nnn(C4=CC(C)(c5cccc(F)c5)NC(c5cccc(F)c5)=C4)n3)ccc2C1=O. The molecule has 7 nitrogen and oxygen atoms in total. The molecule has 196 valence electrons. The van der Waals surface area contributed by atoms with Crippen molar-refractivity contribution in [3.05, 3.63) is 107 Å². The van der Waals surface area contributed by atoms with Gasteiger partial charge in [-0.3, -0.25) is 4.79 Å². The van der Waals surface area contributed by atoms with Crippen LogP contribution >= 0.6 is 0 Å². The number of halogens is 2. The predicted molar refractivity (Wildman–Crippen MR) is 143 cm³/mol. The fraction of sp³-hybridized carbons (Fsp3) is 0.233. The van der Waals surface area contributed by atoms with Crippen LogP contribution < -0.4 is 5.32 Å². The Morgan fingerprint density at radius 1 is 0.974 bits per heavy atom. The van der Waals surface area contributed by atoms with Gasteiger partial charge in [-0.25, -0.2) is 13.8 Å². The molecular weight excluding hydrogens is 498 g/mol. The Kier molecular flexibility index (Phi) is 5.75. The van der Waals surface area contributed by atoms with E-state index in [1.807, 2.05) is 32.9 Å². The maximum absolute atomic E-state index is 14.2. The topological polar surface area (TPSA) is 85.6 Å². The maximum atomic E-state index is 14.2. The number of nitrogens with one attached hydrogen (secondary N) is 1. The van der Waals surface area contributed by atoms with Crippen molar-refractivity contribution in [2.24, 2.45) is 5.41 Å². The van der Waals surface area contributed by atoms with E-state index in [4.69, 9.17) is 0 Å². The second-order valence-corrected chi connectivity index (χ2v) is 10.8. The Balaban J connectivity index is 1.41. The Morgan fingerprint density at radius 3 is 2.51 bits per heavy atom. The van der Waals surface area contributed by atoms with Crippen LogP contribution in [0.4, 0.5) is 8.78 Å². The monoisotopic (exact) mass is 524 g/mol. The summed E-state index contributed by atoms with van der Waals surface area (Å²) in [6.45, 7) is 5.81. The summed E-state index contributed by atoms with van der Waals surface area (Å²) in [6.07, 6.45) is 5.08. The van der Waals surface area contributed by atoms with E-state index in [9.17, 15) is 13.6 Å². The highest BCUT2D eigenvalue weighted by atomic mass is 19.1. The zero-order chi connectivity index (χ0) is 27.4. The number of carbonyl (C=O) groups excluding carboxylic acids is 1. The number of fused-ring (bicyclic) bond motifs is 1. The van der Waals surface area contributed by atoms with Gasteiger partial charge in [-0.2, -0.15) is 0 Å². The summed E-state index contributed by atoms with van der Waals surface area (Å²) in [7, 11) is 0. The third-order valence-corrected chi connectivity index (χ3v) is 7.38. The summed E-state index contributed by atoms with van der Waals surface area (Å²) >= 11 is 0. The minimum absolute atomic E-state index is 0.0888. The van der Waals surface area contributed by atoms with Gasteiger partial charge in [-0.1, -0.05) is 38.1 Å². The van der Waals surface area contributed by atoms with E-state index >= 15 is 0 Å². The number of aromatic nitrogens is 5. The highest BCUT2D eigenvalue weighted by Gasteiger charge is 2.35. The van der Waals surface area contributed by atoms with E-state index in [1.54, 1.807) is 36.4 Å². The quantitative estimate of drug-likeness (QED) is 0.376. The van der Waals surface area contributed by atoms with Crippen molar-refractivity contribution in [3.63, 3.8) is 0 Å². The lowest BCUT2D eigenvalue weighted by Crippen LogP contribution is -2.39. The summed E-state index contributed by atoms with van der Waals surface area (Å²) in [4.78, 5) is 18.9. The number of aryl methyl sites for hydroxylation is 1. The zero-order valence-electron chi connectivity index (χ0n) is 21.7. The Hall–Kier alpha value is -4.53. The molecule has 0 amide bonds. The van der Waals surface area contributed by atoms with Crippen LogP contribution in [0.25, 0.3) is 22.9 Å². The van der Waals surface area contributed by atoms with Gasteiger partial charge in [0.15, 0.2) is 5.78 Å². The average Bonchev–Trinajstić information content (AvgIpc) is 3.41. The van der Waals surface area contributed by atoms with E-state index in [-0.39, 0.29) is 17.4 Å². The molecule has 0 radical (unpaired) electrons. The van der Waals surface area contributed by atoms with Crippen LogP contribution in [0.1, 0.15) is 54.4 Å². The lowest BCUT2D eigenvalue weighted by atomic mass is 9.75. The van der Waals surface area contributed by atoms with Gasteiger partial charge < -0.3 is 5.32 Å². The predicted octanol–water partition coefficient (Wildman–Crippen LogP) is 5.57. The highest BCUT2D eigenvalue weighted by Crippen LogP contribution is 2.36. The molecule has 0 fully saturated rings. The molecule has 1 aliphatic heterocycles. The Morgan fingerprint density at radius 2 is 1.74 bits per heavy atom. The molecule has 1 atom stereocenters. The van der Waals surface area contributed by atoms with Gasteiger partial charge in [-0.05, 0) is 79.1 Å². The molecule has 2 aromatic heterocycles. The molecule has 1 aliphatic carbocycles. The minimum atomic E-state index is -0.862. The van der Waals surface area contributed by atoms with Crippen molar-refractivity contribution in [2.45, 2.75) is 39.2 Å².